The summed E-state index contributed by atoms with van der Waals surface area (Å²) in [5.74, 6) is 0.499. The van der Waals surface area contributed by atoms with Gasteiger partial charge in [0.1, 0.15) is 0 Å². The molecule has 0 aliphatic rings. The molecule has 0 saturated heterocycles. The molecule has 0 aromatic carbocycles. The molecular formula is C13H18N2O4. The molecular weight excluding hydrogens is 248 g/mol. The Morgan fingerprint density at radius 3 is 3.00 bits per heavy atom. The number of aromatic nitrogens is 1. The minimum absolute atomic E-state index is 0.331. The van der Waals surface area contributed by atoms with Crippen molar-refractivity contribution in [2.75, 3.05) is 20.3 Å². The zero-order chi connectivity index (χ0) is 14.1. The Kier molecular flexibility index (Phi) is 6.21. The summed E-state index contributed by atoms with van der Waals surface area (Å²) in [5.41, 5.74) is 1.82. The van der Waals surface area contributed by atoms with E-state index in [-0.39, 0.29) is 0 Å². The fourth-order valence-corrected chi connectivity index (χ4v) is 1.49. The molecule has 6 nitrogen and oxygen atoms in total. The molecule has 0 bridgehead atoms. The molecule has 0 atom stereocenters. The summed E-state index contributed by atoms with van der Waals surface area (Å²) in [6.07, 6.45) is 4.58. The van der Waals surface area contributed by atoms with Gasteiger partial charge in [0.2, 0.25) is 5.88 Å². The van der Waals surface area contributed by atoms with Crippen LogP contribution >= 0.6 is 0 Å². The van der Waals surface area contributed by atoms with E-state index in [4.69, 9.17) is 14.6 Å². The SMILES string of the molecule is CCOC=Cc1cnc(OC)cc1CCNC(=O)O. The molecule has 0 saturated carbocycles. The Balaban J connectivity index is 2.79. The van der Waals surface area contributed by atoms with Gasteiger partial charge in [-0.1, -0.05) is 0 Å². The van der Waals surface area contributed by atoms with Gasteiger partial charge in [-0.2, -0.15) is 0 Å². The standard InChI is InChI=1S/C13H18N2O4/c1-3-19-7-5-11-9-15-12(18-2)8-10(11)4-6-14-13(16)17/h5,7-9,14H,3-4,6H2,1-2H3,(H,16,17). The van der Waals surface area contributed by atoms with Gasteiger partial charge in [0.15, 0.2) is 0 Å². The van der Waals surface area contributed by atoms with Crippen LogP contribution in [0.25, 0.3) is 6.08 Å². The molecule has 0 aliphatic heterocycles. The second kappa shape index (κ2) is 7.97. The zero-order valence-corrected chi connectivity index (χ0v) is 11.0. The fourth-order valence-electron chi connectivity index (χ4n) is 1.49. The molecule has 1 aromatic heterocycles. The minimum atomic E-state index is -1.03. The van der Waals surface area contributed by atoms with Crippen molar-refractivity contribution >= 4 is 12.2 Å². The maximum Gasteiger partial charge on any atom is 0.404 e. The van der Waals surface area contributed by atoms with Gasteiger partial charge in [-0.25, -0.2) is 9.78 Å². The predicted octanol–water partition coefficient (Wildman–Crippen LogP) is 1.91. The van der Waals surface area contributed by atoms with Crippen molar-refractivity contribution in [3.8, 4) is 5.88 Å². The number of nitrogens with zero attached hydrogens (tertiary/aromatic N) is 1. The van der Waals surface area contributed by atoms with Crippen LogP contribution in [0, 0.1) is 0 Å². The zero-order valence-electron chi connectivity index (χ0n) is 11.0. The van der Waals surface area contributed by atoms with Gasteiger partial charge in [-0.3, -0.25) is 0 Å². The van der Waals surface area contributed by atoms with Gasteiger partial charge in [0, 0.05) is 18.8 Å². The van der Waals surface area contributed by atoms with E-state index in [0.29, 0.717) is 25.5 Å². The highest BCUT2D eigenvalue weighted by Crippen LogP contribution is 2.16. The fraction of sp³-hybridized carbons (Fsp3) is 0.385. The van der Waals surface area contributed by atoms with Crippen LogP contribution in [0.4, 0.5) is 4.79 Å². The van der Waals surface area contributed by atoms with E-state index in [0.717, 1.165) is 11.1 Å². The first-order valence-electron chi connectivity index (χ1n) is 5.95. The number of methoxy groups -OCH3 is 1. The van der Waals surface area contributed by atoms with Crippen LogP contribution in [-0.2, 0) is 11.2 Å². The van der Waals surface area contributed by atoms with Gasteiger partial charge >= 0.3 is 6.09 Å². The van der Waals surface area contributed by atoms with Gasteiger partial charge in [0.25, 0.3) is 0 Å². The molecule has 0 radical (unpaired) electrons. The van der Waals surface area contributed by atoms with Crippen molar-refractivity contribution in [2.24, 2.45) is 0 Å². The normalized spacial score (nSPS) is 10.4. The maximum absolute atomic E-state index is 10.4. The Hall–Kier alpha value is -2.24. The lowest BCUT2D eigenvalue weighted by atomic mass is 10.1. The van der Waals surface area contributed by atoms with E-state index in [2.05, 4.69) is 10.3 Å². The summed E-state index contributed by atoms with van der Waals surface area (Å²) in [6, 6.07) is 1.79. The second-order valence-corrected chi connectivity index (χ2v) is 3.67. The summed E-state index contributed by atoms with van der Waals surface area (Å²) < 4.78 is 10.2. The minimum Gasteiger partial charge on any atom is -0.501 e. The molecule has 6 heteroatoms. The van der Waals surface area contributed by atoms with Crippen LogP contribution < -0.4 is 10.1 Å². The number of hydrogen-bond acceptors (Lipinski definition) is 4. The molecule has 104 valence electrons. The quantitative estimate of drug-likeness (QED) is 0.737. The van der Waals surface area contributed by atoms with E-state index in [1.54, 1.807) is 24.6 Å². The van der Waals surface area contributed by atoms with Crippen molar-refractivity contribution in [3.05, 3.63) is 29.7 Å². The van der Waals surface area contributed by atoms with Gasteiger partial charge < -0.3 is 19.9 Å². The third-order valence-electron chi connectivity index (χ3n) is 2.39. The first kappa shape index (κ1) is 14.8. The Morgan fingerprint density at radius 1 is 1.58 bits per heavy atom. The van der Waals surface area contributed by atoms with Gasteiger partial charge in [-0.05, 0) is 30.5 Å². The Labute approximate surface area is 112 Å². The third-order valence-corrected chi connectivity index (χ3v) is 2.39. The summed E-state index contributed by atoms with van der Waals surface area (Å²) in [6.45, 7) is 2.82. The molecule has 0 unspecified atom stereocenters. The molecule has 1 amide bonds. The Bertz CT molecular complexity index is 446. The van der Waals surface area contributed by atoms with Crippen molar-refractivity contribution < 1.29 is 19.4 Å². The van der Waals surface area contributed by atoms with E-state index in [1.165, 1.54) is 7.11 Å². The average Bonchev–Trinajstić information content (AvgIpc) is 2.40. The Morgan fingerprint density at radius 2 is 2.37 bits per heavy atom. The van der Waals surface area contributed by atoms with Crippen LogP contribution in [0.5, 0.6) is 5.88 Å². The predicted molar refractivity (Wildman–Crippen MR) is 71.2 cm³/mol. The lowest BCUT2D eigenvalue weighted by molar-refractivity contribution is 0.194. The monoisotopic (exact) mass is 266 g/mol. The topological polar surface area (TPSA) is 80.7 Å². The van der Waals surface area contributed by atoms with Crippen LogP contribution in [0.2, 0.25) is 0 Å². The van der Waals surface area contributed by atoms with Crippen LogP contribution in [0.15, 0.2) is 18.5 Å². The van der Waals surface area contributed by atoms with E-state index < -0.39 is 6.09 Å². The number of nitrogens with one attached hydrogen (secondary N) is 1. The number of ether oxygens (including phenoxy) is 2. The highest BCUT2D eigenvalue weighted by atomic mass is 16.5. The lowest BCUT2D eigenvalue weighted by Gasteiger charge is -2.08. The first-order valence-corrected chi connectivity index (χ1v) is 5.95. The second-order valence-electron chi connectivity index (χ2n) is 3.67. The molecule has 2 N–H and O–H groups in total. The van der Waals surface area contributed by atoms with E-state index in [1.807, 2.05) is 6.92 Å². The first-order chi connectivity index (χ1) is 9.17. The number of carbonyl (C=O) groups is 1. The summed E-state index contributed by atoms with van der Waals surface area (Å²) in [4.78, 5) is 14.5. The number of pyridine rings is 1. The molecule has 1 aromatic rings. The summed E-state index contributed by atoms with van der Waals surface area (Å²) in [5, 5.41) is 10.9. The molecule has 0 fully saturated rings. The van der Waals surface area contributed by atoms with Crippen molar-refractivity contribution in [2.45, 2.75) is 13.3 Å². The van der Waals surface area contributed by atoms with Crippen LogP contribution in [0.1, 0.15) is 18.1 Å². The van der Waals surface area contributed by atoms with Gasteiger partial charge in [-0.15, -0.1) is 0 Å². The smallest absolute Gasteiger partial charge is 0.404 e. The third kappa shape index (κ3) is 5.29. The number of hydrogen-bond donors (Lipinski definition) is 2. The van der Waals surface area contributed by atoms with Crippen molar-refractivity contribution in [1.82, 2.24) is 10.3 Å². The van der Waals surface area contributed by atoms with E-state index in [9.17, 15) is 4.79 Å². The highest BCUT2D eigenvalue weighted by Gasteiger charge is 2.04. The number of carboxylic acid groups (broad SMARTS) is 1. The molecule has 19 heavy (non-hydrogen) atoms. The van der Waals surface area contributed by atoms with Crippen LogP contribution in [0.3, 0.4) is 0 Å². The van der Waals surface area contributed by atoms with Gasteiger partial charge in [0.05, 0.1) is 20.0 Å². The number of amides is 1. The van der Waals surface area contributed by atoms with E-state index >= 15 is 0 Å². The van der Waals surface area contributed by atoms with Crippen molar-refractivity contribution in [1.29, 1.82) is 0 Å². The lowest BCUT2D eigenvalue weighted by Crippen LogP contribution is -2.23. The summed E-state index contributed by atoms with van der Waals surface area (Å²) >= 11 is 0. The summed E-state index contributed by atoms with van der Waals surface area (Å²) in [7, 11) is 1.54. The highest BCUT2D eigenvalue weighted by molar-refractivity contribution is 5.64. The molecule has 0 spiro atoms. The largest absolute Gasteiger partial charge is 0.501 e. The molecule has 1 heterocycles. The van der Waals surface area contributed by atoms with Crippen LogP contribution in [-0.4, -0.2) is 36.4 Å². The maximum atomic E-state index is 10.4. The number of rotatable bonds is 7. The molecule has 0 aliphatic carbocycles. The average molecular weight is 266 g/mol. The van der Waals surface area contributed by atoms with Crippen molar-refractivity contribution in [3.63, 3.8) is 0 Å². The molecule has 1 rings (SSSR count).